The van der Waals surface area contributed by atoms with Crippen molar-refractivity contribution in [3.05, 3.63) is 164 Å². The maximum atomic E-state index is 13.5. The first-order valence-electron chi connectivity index (χ1n) is 17.8. The number of hydrogen-bond donors (Lipinski definition) is 4. The number of nitrogens with one attached hydrogen (secondary N) is 3. The van der Waals surface area contributed by atoms with Crippen molar-refractivity contribution >= 4 is 101 Å². The highest BCUT2D eigenvalue weighted by Gasteiger charge is 2.36. The number of carbonyl (C=O) groups is 2. The van der Waals surface area contributed by atoms with E-state index in [1.54, 1.807) is 13.1 Å². The number of aromatic nitrogens is 2. The summed E-state index contributed by atoms with van der Waals surface area (Å²) in [5, 5.41) is 10.3. The minimum absolute atomic E-state index is 0.0512. The van der Waals surface area contributed by atoms with Crippen molar-refractivity contribution in [1.29, 1.82) is 0 Å². The van der Waals surface area contributed by atoms with E-state index in [-0.39, 0.29) is 27.2 Å². The van der Waals surface area contributed by atoms with Crippen molar-refractivity contribution in [3.8, 4) is 0 Å². The molecule has 13 nitrogen and oxygen atoms in total. The van der Waals surface area contributed by atoms with Crippen LogP contribution in [0.3, 0.4) is 0 Å². The molecule has 27 heteroatoms. The molecular weight excluding hydrogens is 1030 g/mol. The third-order valence-electron chi connectivity index (χ3n) is 8.32. The van der Waals surface area contributed by atoms with Crippen LogP contribution in [-0.2, 0) is 32.4 Å². The molecule has 1 amide bonds. The van der Waals surface area contributed by atoms with Crippen LogP contribution in [0.5, 0.6) is 0 Å². The van der Waals surface area contributed by atoms with Gasteiger partial charge in [0.25, 0.3) is 26.0 Å². The van der Waals surface area contributed by atoms with E-state index in [1.807, 2.05) is 15.5 Å². The molecule has 0 atom stereocenters. The van der Waals surface area contributed by atoms with E-state index in [9.17, 15) is 61.5 Å². The molecule has 356 valence electrons. The van der Waals surface area contributed by atoms with E-state index in [0.717, 1.165) is 65.4 Å². The quantitative estimate of drug-likeness (QED) is 0.0962. The van der Waals surface area contributed by atoms with Gasteiger partial charge in [-0.25, -0.2) is 40.4 Å². The smallest absolute Gasteiger partial charge is 0.417 e. The number of sulfonamides is 2. The zero-order valence-corrected chi connectivity index (χ0v) is 38.1. The number of pyridine rings is 2. The minimum Gasteiger partial charge on any atom is -0.476 e. The second-order valence-corrected chi connectivity index (χ2v) is 18.1. The number of aromatic carboxylic acids is 1. The average molecular weight is 1060 g/mol. The second kappa shape index (κ2) is 21.8. The fraction of sp³-hybridized carbons (Fsp3) is 0.100. The van der Waals surface area contributed by atoms with Crippen LogP contribution in [-0.4, -0.2) is 57.9 Å². The molecule has 0 bridgehead atoms. The van der Waals surface area contributed by atoms with Crippen LogP contribution < -0.4 is 19.7 Å². The first-order chi connectivity index (χ1) is 31.0. The summed E-state index contributed by atoms with van der Waals surface area (Å²) >= 11 is 22.5. The number of hydrogen-bond acceptors (Lipinski definition) is 9. The van der Waals surface area contributed by atoms with Gasteiger partial charge in [-0.05, 0) is 84.9 Å². The molecule has 4 N–H and O–H groups in total. The fourth-order valence-electron chi connectivity index (χ4n) is 5.16. The molecule has 0 radical (unpaired) electrons. The Balaban J connectivity index is 0.000000253. The van der Waals surface area contributed by atoms with E-state index in [0.29, 0.717) is 12.1 Å². The Morgan fingerprint density at radius 3 is 1.46 bits per heavy atom. The van der Waals surface area contributed by atoms with Crippen molar-refractivity contribution < 1.29 is 66.7 Å². The number of rotatable bonds is 10. The predicted molar refractivity (Wildman–Crippen MR) is 235 cm³/mol. The number of amides is 1. The molecule has 4 aromatic carbocycles. The Labute approximate surface area is 395 Å². The molecule has 0 saturated heterocycles. The van der Waals surface area contributed by atoms with Gasteiger partial charge >= 0.3 is 18.3 Å². The van der Waals surface area contributed by atoms with Crippen molar-refractivity contribution in [3.63, 3.8) is 0 Å². The summed E-state index contributed by atoms with van der Waals surface area (Å²) in [7, 11) is -6.11. The second-order valence-electron chi connectivity index (χ2n) is 13.0. The van der Waals surface area contributed by atoms with E-state index >= 15 is 0 Å². The molecule has 0 aliphatic heterocycles. The van der Waals surface area contributed by atoms with Gasteiger partial charge in [0, 0.05) is 37.9 Å². The molecule has 0 saturated carbocycles. The molecule has 2 heterocycles. The third-order valence-corrected chi connectivity index (χ3v) is 12.1. The lowest BCUT2D eigenvalue weighted by Crippen LogP contribution is -2.29. The highest BCUT2D eigenvalue weighted by Crippen LogP contribution is 2.38. The molecule has 0 aliphatic carbocycles. The topological polar surface area (TPSA) is 188 Å². The van der Waals surface area contributed by atoms with Crippen LogP contribution in [0.1, 0.15) is 32.1 Å². The van der Waals surface area contributed by atoms with E-state index in [4.69, 9.17) is 51.5 Å². The Morgan fingerprint density at radius 1 is 0.627 bits per heavy atom. The Hall–Kier alpha value is -5.98. The van der Waals surface area contributed by atoms with Gasteiger partial charge in [0.1, 0.15) is 11.6 Å². The molecule has 6 rings (SSSR count). The Bertz CT molecular complexity index is 3040. The van der Waals surface area contributed by atoms with Crippen molar-refractivity contribution in [2.45, 2.75) is 22.1 Å². The number of alkyl halides is 6. The summed E-state index contributed by atoms with van der Waals surface area (Å²) in [5.41, 5.74) is -3.72. The van der Waals surface area contributed by atoms with Gasteiger partial charge in [0.05, 0.1) is 52.4 Å². The zero-order chi connectivity index (χ0) is 50.2. The molecule has 0 fully saturated rings. The molecule has 67 heavy (non-hydrogen) atoms. The lowest BCUT2D eigenvalue weighted by Gasteiger charge is -2.19. The average Bonchev–Trinajstić information content (AvgIpc) is 3.22. The summed E-state index contributed by atoms with van der Waals surface area (Å²) < 4.78 is 158. The first-order valence-corrected chi connectivity index (χ1v) is 22.3. The lowest BCUT2D eigenvalue weighted by molar-refractivity contribution is -0.138. The van der Waals surface area contributed by atoms with E-state index < -0.39 is 98.1 Å². The standard InChI is InChI=1S/C20H13Cl2F4N3O3S.C13H7Cl2F3N2O4S.C7H8FN/c1-29(13-4-2-3-12(23)8-13)19(30)18-17(7-11(21)10-27-18)28-33(31,32)14-5-6-16(22)15(9-14)20(24,25)26;14-6-3-10(11(12(21)22)19-5-6)20-25(23,24)7-1-2-9(15)8(4-7)13(16,17)18;1-9-7-4-2-3-6(8)5-7/h2-10,28H,1H3;1-5,20H,(H,21,22);2-5,9H,1H3. The molecule has 2 aromatic heterocycles. The van der Waals surface area contributed by atoms with Gasteiger partial charge in [0.2, 0.25) is 0 Å². The van der Waals surface area contributed by atoms with Crippen molar-refractivity contribution in [2.75, 3.05) is 33.8 Å². The van der Waals surface area contributed by atoms with Crippen LogP contribution in [0.15, 0.2) is 119 Å². The van der Waals surface area contributed by atoms with Gasteiger partial charge < -0.3 is 15.3 Å². The predicted octanol–water partition coefficient (Wildman–Crippen LogP) is 11.4. The Morgan fingerprint density at radius 2 is 1.06 bits per heavy atom. The lowest BCUT2D eigenvalue weighted by atomic mass is 10.2. The SMILES string of the molecule is CN(C(=O)c1ncc(Cl)cc1NS(=O)(=O)c1ccc(Cl)c(C(F)(F)F)c1)c1cccc(F)c1.CNc1cccc(F)c1.O=C(O)c1ncc(Cl)cc1NS(=O)(=O)c1ccc(Cl)c(C(F)(F)F)c1. The largest absolute Gasteiger partial charge is 0.476 e. The number of carboxylic acids is 1. The van der Waals surface area contributed by atoms with Crippen LogP contribution in [0.2, 0.25) is 20.1 Å². The fourth-order valence-corrected chi connectivity index (χ4v) is 8.10. The van der Waals surface area contributed by atoms with Gasteiger partial charge in [-0.15, -0.1) is 0 Å². The van der Waals surface area contributed by atoms with Gasteiger partial charge in [-0.1, -0.05) is 58.5 Å². The summed E-state index contributed by atoms with van der Waals surface area (Å²) in [4.78, 5) is 30.8. The molecule has 6 aromatic rings. The highest BCUT2D eigenvalue weighted by atomic mass is 35.5. The monoisotopic (exact) mass is 1060 g/mol. The van der Waals surface area contributed by atoms with Gasteiger partial charge in [-0.2, -0.15) is 26.3 Å². The number of halogens is 12. The van der Waals surface area contributed by atoms with Gasteiger partial charge in [0.15, 0.2) is 11.4 Å². The number of anilines is 4. The number of carbonyl (C=O) groups excluding carboxylic acids is 1. The molecule has 0 aliphatic rings. The summed E-state index contributed by atoms with van der Waals surface area (Å²) in [6.07, 6.45) is -7.70. The zero-order valence-electron chi connectivity index (χ0n) is 33.5. The van der Waals surface area contributed by atoms with E-state index in [1.165, 1.54) is 37.4 Å². The third kappa shape index (κ3) is 14.5. The van der Waals surface area contributed by atoms with E-state index in [2.05, 4.69) is 15.3 Å². The van der Waals surface area contributed by atoms with Crippen LogP contribution in [0.25, 0.3) is 0 Å². The summed E-state index contributed by atoms with van der Waals surface area (Å²) in [6.45, 7) is 0. The summed E-state index contributed by atoms with van der Waals surface area (Å²) in [6, 6.07) is 17.4. The molecule has 0 unspecified atom stereocenters. The van der Waals surface area contributed by atoms with Crippen LogP contribution in [0, 0.1) is 11.6 Å². The molecular formula is C40H28Cl4F8N6O7S2. The van der Waals surface area contributed by atoms with Crippen molar-refractivity contribution in [1.82, 2.24) is 9.97 Å². The number of carboxylic acid groups (broad SMARTS) is 1. The number of benzene rings is 4. The maximum absolute atomic E-state index is 13.5. The van der Waals surface area contributed by atoms with Crippen LogP contribution >= 0.6 is 46.4 Å². The first kappa shape index (κ1) is 53.6. The minimum atomic E-state index is -4.89. The van der Waals surface area contributed by atoms with Gasteiger partial charge in [-0.3, -0.25) is 14.2 Å². The molecule has 0 spiro atoms. The van der Waals surface area contributed by atoms with Crippen LogP contribution in [0.4, 0.5) is 57.9 Å². The summed E-state index contributed by atoms with van der Waals surface area (Å²) in [5.74, 6) is -3.20. The highest BCUT2D eigenvalue weighted by molar-refractivity contribution is 7.93. The Kier molecular flexibility index (Phi) is 17.4. The normalized spacial score (nSPS) is 11.6. The number of nitrogens with zero attached hydrogens (tertiary/aromatic N) is 3. The maximum Gasteiger partial charge on any atom is 0.417 e. The van der Waals surface area contributed by atoms with Crippen molar-refractivity contribution in [2.24, 2.45) is 0 Å².